The Morgan fingerprint density at radius 3 is 2.03 bits per heavy atom. The molecule has 0 saturated carbocycles. The highest BCUT2D eigenvalue weighted by Gasteiger charge is 2.09. The summed E-state index contributed by atoms with van der Waals surface area (Å²) in [6, 6.07) is 14.3. The largest absolute Gasteiger partial charge is 0.492 e. The average Bonchev–Trinajstić information content (AvgIpc) is 2.84. The molecule has 33 heavy (non-hydrogen) atoms. The van der Waals surface area contributed by atoms with Gasteiger partial charge in [-0.25, -0.2) is 0 Å². The molecule has 3 aromatic rings. The van der Waals surface area contributed by atoms with Crippen LogP contribution in [0.1, 0.15) is 57.4 Å². The molecule has 6 heteroatoms. The Hall–Kier alpha value is -1.42. The Balaban J connectivity index is 1.40. The quantitative estimate of drug-likeness (QED) is 0.129. The van der Waals surface area contributed by atoms with Crippen molar-refractivity contribution in [3.05, 3.63) is 67.6 Å². The van der Waals surface area contributed by atoms with Gasteiger partial charge in [0.15, 0.2) is 0 Å². The number of benzene rings is 1. The molecule has 0 aliphatic carbocycles. The SMILES string of the molecule is CCCCCCCOc1cc(I)c(OCCCCc2ccnc(-c3ccccn3)c2)cc1I. The maximum absolute atomic E-state index is 6.08. The van der Waals surface area contributed by atoms with Crippen LogP contribution in [0.5, 0.6) is 11.5 Å². The number of aryl methyl sites for hydroxylation is 1. The fourth-order valence-corrected chi connectivity index (χ4v) is 4.71. The first kappa shape index (κ1) is 26.2. The summed E-state index contributed by atoms with van der Waals surface area (Å²) in [6.45, 7) is 3.74. The lowest BCUT2D eigenvalue weighted by Crippen LogP contribution is -2.03. The van der Waals surface area contributed by atoms with Gasteiger partial charge in [-0.2, -0.15) is 0 Å². The Bertz CT molecular complexity index is 983. The summed E-state index contributed by atoms with van der Waals surface area (Å²) in [5.74, 6) is 1.90. The molecule has 0 amide bonds. The summed E-state index contributed by atoms with van der Waals surface area (Å²) in [5, 5.41) is 0. The topological polar surface area (TPSA) is 44.2 Å². The minimum absolute atomic E-state index is 0.710. The van der Waals surface area contributed by atoms with Crippen LogP contribution in [0.15, 0.2) is 54.9 Å². The van der Waals surface area contributed by atoms with Gasteiger partial charge in [-0.1, -0.05) is 38.7 Å². The number of halogens is 2. The van der Waals surface area contributed by atoms with Crippen molar-refractivity contribution >= 4 is 45.2 Å². The van der Waals surface area contributed by atoms with Crippen molar-refractivity contribution in [2.45, 2.75) is 58.3 Å². The third kappa shape index (κ3) is 9.03. The Morgan fingerprint density at radius 2 is 1.36 bits per heavy atom. The van der Waals surface area contributed by atoms with Gasteiger partial charge < -0.3 is 9.47 Å². The summed E-state index contributed by atoms with van der Waals surface area (Å²) < 4.78 is 14.3. The lowest BCUT2D eigenvalue weighted by molar-refractivity contribution is 0.294. The summed E-state index contributed by atoms with van der Waals surface area (Å²) in [7, 11) is 0. The fraction of sp³-hybridized carbons (Fsp3) is 0.407. The van der Waals surface area contributed by atoms with E-state index in [9.17, 15) is 0 Å². The molecule has 0 atom stereocenters. The summed E-state index contributed by atoms with van der Waals surface area (Å²) in [6.07, 6.45) is 13.0. The second-order valence-corrected chi connectivity index (χ2v) is 10.4. The Kier molecular flexibility index (Phi) is 11.7. The van der Waals surface area contributed by atoms with E-state index in [0.717, 1.165) is 62.3 Å². The highest BCUT2D eigenvalue weighted by Crippen LogP contribution is 2.31. The van der Waals surface area contributed by atoms with Crippen molar-refractivity contribution in [1.82, 2.24) is 9.97 Å². The van der Waals surface area contributed by atoms with E-state index >= 15 is 0 Å². The van der Waals surface area contributed by atoms with Crippen LogP contribution >= 0.6 is 45.2 Å². The van der Waals surface area contributed by atoms with Crippen molar-refractivity contribution < 1.29 is 9.47 Å². The predicted octanol–water partition coefficient (Wildman–Crippen LogP) is 8.10. The summed E-state index contributed by atoms with van der Waals surface area (Å²) in [5.41, 5.74) is 3.12. The first-order valence-corrected chi connectivity index (χ1v) is 13.9. The van der Waals surface area contributed by atoms with Crippen LogP contribution in [0.3, 0.4) is 0 Å². The number of unbranched alkanes of at least 4 members (excludes halogenated alkanes) is 5. The van der Waals surface area contributed by atoms with Gasteiger partial charge in [-0.15, -0.1) is 0 Å². The second kappa shape index (κ2) is 14.8. The summed E-state index contributed by atoms with van der Waals surface area (Å²) >= 11 is 4.68. The second-order valence-electron chi connectivity index (χ2n) is 8.05. The molecule has 0 radical (unpaired) electrons. The van der Waals surface area contributed by atoms with Crippen LogP contribution in [0.4, 0.5) is 0 Å². The molecule has 0 saturated heterocycles. The molecule has 0 spiro atoms. The van der Waals surface area contributed by atoms with E-state index in [-0.39, 0.29) is 0 Å². The van der Waals surface area contributed by atoms with Gasteiger partial charge in [-0.3, -0.25) is 9.97 Å². The van der Waals surface area contributed by atoms with Crippen LogP contribution in [-0.4, -0.2) is 23.2 Å². The van der Waals surface area contributed by atoms with Crippen molar-refractivity contribution in [3.8, 4) is 22.9 Å². The number of hydrogen-bond donors (Lipinski definition) is 0. The Labute approximate surface area is 225 Å². The Morgan fingerprint density at radius 1 is 0.697 bits per heavy atom. The molecule has 0 unspecified atom stereocenters. The van der Waals surface area contributed by atoms with Crippen molar-refractivity contribution in [2.75, 3.05) is 13.2 Å². The van der Waals surface area contributed by atoms with Gasteiger partial charge in [0.25, 0.3) is 0 Å². The van der Waals surface area contributed by atoms with E-state index in [1.54, 1.807) is 6.20 Å². The van der Waals surface area contributed by atoms with E-state index in [1.807, 2.05) is 24.4 Å². The maximum atomic E-state index is 6.08. The maximum Gasteiger partial charge on any atom is 0.133 e. The molecule has 3 rings (SSSR count). The van der Waals surface area contributed by atoms with E-state index in [1.165, 1.54) is 31.2 Å². The lowest BCUT2D eigenvalue weighted by atomic mass is 10.1. The van der Waals surface area contributed by atoms with Gasteiger partial charge in [0.2, 0.25) is 0 Å². The van der Waals surface area contributed by atoms with Crippen LogP contribution in [0, 0.1) is 7.14 Å². The van der Waals surface area contributed by atoms with Gasteiger partial charge in [0, 0.05) is 12.4 Å². The zero-order valence-corrected chi connectivity index (χ0v) is 23.5. The molecule has 1 aromatic carbocycles. The van der Waals surface area contributed by atoms with E-state index in [4.69, 9.17) is 9.47 Å². The minimum atomic E-state index is 0.710. The number of rotatable bonds is 14. The minimum Gasteiger partial charge on any atom is -0.492 e. The normalized spacial score (nSPS) is 10.9. The molecule has 0 aliphatic rings. The van der Waals surface area contributed by atoms with Crippen molar-refractivity contribution in [2.24, 2.45) is 0 Å². The molecule has 0 bridgehead atoms. The van der Waals surface area contributed by atoms with Gasteiger partial charge >= 0.3 is 0 Å². The third-order valence-corrected chi connectivity index (χ3v) is 7.05. The monoisotopic (exact) mass is 670 g/mol. The molecule has 4 nitrogen and oxygen atoms in total. The van der Waals surface area contributed by atoms with E-state index in [0.29, 0.717) is 6.61 Å². The molecular weight excluding hydrogens is 638 g/mol. The first-order chi connectivity index (χ1) is 16.2. The highest BCUT2D eigenvalue weighted by atomic mass is 127. The van der Waals surface area contributed by atoms with Gasteiger partial charge in [0.1, 0.15) is 11.5 Å². The predicted molar refractivity (Wildman–Crippen MR) is 152 cm³/mol. The summed E-state index contributed by atoms with van der Waals surface area (Å²) in [4.78, 5) is 8.85. The zero-order chi connectivity index (χ0) is 23.3. The van der Waals surface area contributed by atoms with Gasteiger partial charge in [-0.05, 0) is 113 Å². The molecule has 0 fully saturated rings. The molecule has 0 N–H and O–H groups in total. The lowest BCUT2D eigenvalue weighted by Gasteiger charge is -2.13. The number of ether oxygens (including phenoxy) is 2. The van der Waals surface area contributed by atoms with Crippen LogP contribution < -0.4 is 9.47 Å². The number of pyridine rings is 2. The molecule has 176 valence electrons. The number of hydrogen-bond acceptors (Lipinski definition) is 4. The van der Waals surface area contributed by atoms with E-state index < -0.39 is 0 Å². The average molecular weight is 670 g/mol. The molecular formula is C27H32I2N2O2. The van der Waals surface area contributed by atoms with Crippen LogP contribution in [-0.2, 0) is 6.42 Å². The number of nitrogens with zero attached hydrogens (tertiary/aromatic N) is 2. The van der Waals surface area contributed by atoms with E-state index in [2.05, 4.69) is 86.3 Å². The smallest absolute Gasteiger partial charge is 0.133 e. The number of aromatic nitrogens is 2. The fourth-order valence-electron chi connectivity index (χ4n) is 3.52. The standard InChI is InChI=1S/C27H32I2N2O2/c1-2-3-4-5-9-16-32-26-19-23(29)27(20-22(26)28)33-17-10-7-11-21-13-15-31-25(18-21)24-12-6-8-14-30-24/h6,8,12-15,18-20H,2-5,7,9-11,16-17H2,1H3. The molecule has 0 aliphatic heterocycles. The van der Waals surface area contributed by atoms with Crippen LogP contribution in [0.25, 0.3) is 11.4 Å². The first-order valence-electron chi connectivity index (χ1n) is 11.8. The van der Waals surface area contributed by atoms with Crippen molar-refractivity contribution in [3.63, 3.8) is 0 Å². The van der Waals surface area contributed by atoms with Crippen molar-refractivity contribution in [1.29, 1.82) is 0 Å². The third-order valence-electron chi connectivity index (χ3n) is 5.36. The molecule has 2 heterocycles. The highest BCUT2D eigenvalue weighted by molar-refractivity contribution is 14.1. The molecule has 2 aromatic heterocycles. The van der Waals surface area contributed by atoms with Gasteiger partial charge in [0.05, 0.1) is 31.7 Å². The zero-order valence-electron chi connectivity index (χ0n) is 19.2. The van der Waals surface area contributed by atoms with Crippen LogP contribution in [0.2, 0.25) is 0 Å².